The molecular formula is C15H24N2O. The maximum atomic E-state index is 10.4. The number of piperazine rings is 1. The van der Waals surface area contributed by atoms with Gasteiger partial charge in [-0.2, -0.15) is 0 Å². The minimum absolute atomic E-state index is 0.284. The van der Waals surface area contributed by atoms with Gasteiger partial charge >= 0.3 is 0 Å². The summed E-state index contributed by atoms with van der Waals surface area (Å²) in [6, 6.07) is 2.47. The summed E-state index contributed by atoms with van der Waals surface area (Å²) in [4.78, 5) is 2.44. The van der Waals surface area contributed by atoms with E-state index in [0.717, 1.165) is 37.3 Å². The van der Waals surface area contributed by atoms with Crippen molar-refractivity contribution in [3.8, 4) is 5.75 Å². The Morgan fingerprint density at radius 3 is 2.39 bits per heavy atom. The molecule has 1 heterocycles. The highest BCUT2D eigenvalue weighted by atomic mass is 16.3. The summed E-state index contributed by atoms with van der Waals surface area (Å²) < 4.78 is 0. The van der Waals surface area contributed by atoms with Crippen molar-refractivity contribution in [2.24, 2.45) is 0 Å². The van der Waals surface area contributed by atoms with Crippen LogP contribution >= 0.6 is 0 Å². The molecule has 100 valence electrons. The van der Waals surface area contributed by atoms with Crippen LogP contribution in [0.15, 0.2) is 6.07 Å². The Morgan fingerprint density at radius 1 is 1.17 bits per heavy atom. The van der Waals surface area contributed by atoms with Crippen molar-refractivity contribution >= 4 is 0 Å². The molecule has 1 atom stereocenters. The van der Waals surface area contributed by atoms with Crippen molar-refractivity contribution in [1.29, 1.82) is 0 Å². The summed E-state index contributed by atoms with van der Waals surface area (Å²) in [5.74, 6) is 0.485. The molecule has 1 aliphatic rings. The van der Waals surface area contributed by atoms with Crippen LogP contribution in [0.3, 0.4) is 0 Å². The fraction of sp³-hybridized carbons (Fsp3) is 0.600. The van der Waals surface area contributed by atoms with E-state index in [1.54, 1.807) is 0 Å². The van der Waals surface area contributed by atoms with E-state index in [1.165, 1.54) is 11.1 Å². The van der Waals surface area contributed by atoms with Crippen LogP contribution in [-0.4, -0.2) is 36.2 Å². The molecule has 2 rings (SSSR count). The fourth-order valence-corrected chi connectivity index (χ4v) is 2.87. The maximum absolute atomic E-state index is 10.4. The zero-order chi connectivity index (χ0) is 13.3. The highest BCUT2D eigenvalue weighted by Crippen LogP contribution is 2.35. The van der Waals surface area contributed by atoms with Gasteiger partial charge in [-0.25, -0.2) is 0 Å². The lowest BCUT2D eigenvalue weighted by atomic mass is 9.94. The molecule has 18 heavy (non-hydrogen) atoms. The lowest BCUT2D eigenvalue weighted by molar-refractivity contribution is 0.182. The quantitative estimate of drug-likeness (QED) is 0.843. The highest BCUT2D eigenvalue weighted by Gasteiger charge is 2.23. The van der Waals surface area contributed by atoms with Crippen molar-refractivity contribution in [3.63, 3.8) is 0 Å². The van der Waals surface area contributed by atoms with E-state index < -0.39 is 0 Å². The summed E-state index contributed by atoms with van der Waals surface area (Å²) >= 11 is 0. The lowest BCUT2D eigenvalue weighted by Gasteiger charge is -2.34. The van der Waals surface area contributed by atoms with Gasteiger partial charge in [0, 0.05) is 37.8 Å². The van der Waals surface area contributed by atoms with E-state index in [9.17, 15) is 5.11 Å². The molecule has 1 saturated heterocycles. The summed E-state index contributed by atoms with van der Waals surface area (Å²) in [6.07, 6.45) is 0. The average Bonchev–Trinajstić information content (AvgIpc) is 2.37. The Hall–Kier alpha value is -1.06. The number of nitrogens with one attached hydrogen (secondary N) is 1. The predicted octanol–water partition coefficient (Wildman–Crippen LogP) is 2.28. The van der Waals surface area contributed by atoms with Crippen molar-refractivity contribution in [2.45, 2.75) is 33.7 Å². The number of aromatic hydroxyl groups is 1. The Kier molecular flexibility index (Phi) is 3.93. The molecular weight excluding hydrogens is 224 g/mol. The van der Waals surface area contributed by atoms with Crippen LogP contribution in [0.25, 0.3) is 0 Å². The molecule has 0 aromatic heterocycles. The third kappa shape index (κ3) is 2.38. The van der Waals surface area contributed by atoms with Crippen LogP contribution < -0.4 is 5.32 Å². The molecule has 3 heteroatoms. The van der Waals surface area contributed by atoms with Crippen molar-refractivity contribution in [1.82, 2.24) is 10.2 Å². The first-order valence-electron chi connectivity index (χ1n) is 6.76. The minimum atomic E-state index is 0.284. The molecule has 1 aromatic rings. The second-order valence-corrected chi connectivity index (χ2v) is 5.36. The number of hydrogen-bond acceptors (Lipinski definition) is 3. The molecule has 1 unspecified atom stereocenters. The number of phenolic OH excluding ortho intramolecular Hbond substituents is 1. The standard InChI is InChI=1S/C15H24N2O/c1-10-9-11(2)14(15(18)12(10)3)13(4)17-7-5-16-6-8-17/h9,13,16,18H,5-8H2,1-4H3. The van der Waals surface area contributed by atoms with E-state index >= 15 is 0 Å². The third-order valence-corrected chi connectivity index (χ3v) is 4.18. The first kappa shape index (κ1) is 13.4. The van der Waals surface area contributed by atoms with Crippen molar-refractivity contribution in [2.75, 3.05) is 26.2 Å². The molecule has 1 aliphatic heterocycles. The Balaban J connectivity index is 2.34. The molecule has 2 N–H and O–H groups in total. The number of rotatable bonds is 2. The molecule has 1 aromatic carbocycles. The predicted molar refractivity (Wildman–Crippen MR) is 75.2 cm³/mol. The monoisotopic (exact) mass is 248 g/mol. The van der Waals surface area contributed by atoms with E-state index in [0.29, 0.717) is 5.75 Å². The first-order valence-corrected chi connectivity index (χ1v) is 6.76. The number of aryl methyl sites for hydroxylation is 2. The van der Waals surface area contributed by atoms with Crippen LogP contribution in [0.5, 0.6) is 5.75 Å². The SMILES string of the molecule is Cc1cc(C)c(C(C)N2CCNCC2)c(O)c1C. The molecule has 0 bridgehead atoms. The van der Waals surface area contributed by atoms with Gasteiger partial charge in [-0.15, -0.1) is 0 Å². The Bertz CT molecular complexity index is 437. The fourth-order valence-electron chi connectivity index (χ4n) is 2.87. The molecule has 3 nitrogen and oxygen atoms in total. The normalized spacial score (nSPS) is 18.9. The largest absolute Gasteiger partial charge is 0.507 e. The average molecular weight is 248 g/mol. The van der Waals surface area contributed by atoms with Gasteiger partial charge in [0.1, 0.15) is 5.75 Å². The van der Waals surface area contributed by atoms with E-state index in [2.05, 4.69) is 37.1 Å². The summed E-state index contributed by atoms with van der Waals surface area (Å²) in [5.41, 5.74) is 4.47. The molecule has 0 spiro atoms. The number of benzene rings is 1. The van der Waals surface area contributed by atoms with Crippen molar-refractivity contribution in [3.05, 3.63) is 28.3 Å². The van der Waals surface area contributed by atoms with Gasteiger partial charge in [-0.05, 0) is 44.4 Å². The van der Waals surface area contributed by atoms with Gasteiger partial charge in [-0.1, -0.05) is 6.07 Å². The third-order valence-electron chi connectivity index (χ3n) is 4.18. The molecule has 0 radical (unpaired) electrons. The van der Waals surface area contributed by atoms with Crippen LogP contribution in [0.4, 0.5) is 0 Å². The summed E-state index contributed by atoms with van der Waals surface area (Å²) in [7, 11) is 0. The van der Waals surface area contributed by atoms with Gasteiger partial charge in [0.05, 0.1) is 0 Å². The molecule has 0 amide bonds. The topological polar surface area (TPSA) is 35.5 Å². The molecule has 0 saturated carbocycles. The Morgan fingerprint density at radius 2 is 1.78 bits per heavy atom. The summed E-state index contributed by atoms with van der Waals surface area (Å²) in [5, 5.41) is 13.8. The zero-order valence-electron chi connectivity index (χ0n) is 11.9. The second kappa shape index (κ2) is 5.29. The number of phenols is 1. The summed E-state index contributed by atoms with van der Waals surface area (Å²) in [6.45, 7) is 12.5. The van der Waals surface area contributed by atoms with Crippen LogP contribution in [0.1, 0.15) is 35.2 Å². The smallest absolute Gasteiger partial charge is 0.123 e. The van der Waals surface area contributed by atoms with Crippen LogP contribution in [0.2, 0.25) is 0 Å². The van der Waals surface area contributed by atoms with Gasteiger partial charge in [0.15, 0.2) is 0 Å². The van der Waals surface area contributed by atoms with Gasteiger partial charge in [0.2, 0.25) is 0 Å². The Labute approximate surface area is 110 Å². The van der Waals surface area contributed by atoms with E-state index in [1.807, 2.05) is 6.92 Å². The van der Waals surface area contributed by atoms with E-state index in [4.69, 9.17) is 0 Å². The van der Waals surface area contributed by atoms with Gasteiger partial charge < -0.3 is 10.4 Å². The minimum Gasteiger partial charge on any atom is -0.507 e. The zero-order valence-corrected chi connectivity index (χ0v) is 11.9. The van der Waals surface area contributed by atoms with Crippen molar-refractivity contribution < 1.29 is 5.11 Å². The van der Waals surface area contributed by atoms with E-state index in [-0.39, 0.29) is 6.04 Å². The number of nitrogens with zero attached hydrogens (tertiary/aromatic N) is 1. The van der Waals surface area contributed by atoms with Gasteiger partial charge in [-0.3, -0.25) is 4.90 Å². The maximum Gasteiger partial charge on any atom is 0.123 e. The molecule has 1 fully saturated rings. The van der Waals surface area contributed by atoms with Crippen LogP contribution in [-0.2, 0) is 0 Å². The lowest BCUT2D eigenvalue weighted by Crippen LogP contribution is -2.44. The van der Waals surface area contributed by atoms with Gasteiger partial charge in [0.25, 0.3) is 0 Å². The second-order valence-electron chi connectivity index (χ2n) is 5.36. The first-order chi connectivity index (χ1) is 8.52. The highest BCUT2D eigenvalue weighted by molar-refractivity contribution is 5.50. The molecule has 0 aliphatic carbocycles. The van der Waals surface area contributed by atoms with Crippen LogP contribution in [0, 0.1) is 20.8 Å². The number of hydrogen-bond donors (Lipinski definition) is 2.